The molecule has 0 radical (unpaired) electrons. The Morgan fingerprint density at radius 1 is 1.11 bits per heavy atom. The molecule has 142 valence electrons. The van der Waals surface area contributed by atoms with E-state index >= 15 is 0 Å². The monoisotopic (exact) mass is 387 g/mol. The Morgan fingerprint density at radius 2 is 1.85 bits per heavy atom. The molecule has 3 aromatic rings. The second kappa shape index (κ2) is 7.71. The Balaban J connectivity index is 1.86. The average Bonchev–Trinajstić information content (AvgIpc) is 3.05. The number of nitrogens with one attached hydrogen (secondary N) is 1. The van der Waals surface area contributed by atoms with Gasteiger partial charge in [-0.3, -0.25) is 0 Å². The second-order valence-electron chi connectivity index (χ2n) is 5.76. The smallest absolute Gasteiger partial charge is 0.276 e. The third kappa shape index (κ3) is 3.75. The van der Waals surface area contributed by atoms with Crippen molar-refractivity contribution in [3.05, 3.63) is 54.2 Å². The van der Waals surface area contributed by atoms with Gasteiger partial charge in [0.05, 0.1) is 25.3 Å². The number of fused-ring (bicyclic) bond motifs is 1. The second-order valence-corrected chi connectivity index (χ2v) is 7.42. The number of hydrogen-bond acceptors (Lipinski definition) is 5. The molecule has 2 aromatic carbocycles. The molecule has 0 bridgehead atoms. The van der Waals surface area contributed by atoms with Crippen LogP contribution < -0.4 is 14.3 Å². The van der Waals surface area contributed by atoms with Crippen molar-refractivity contribution in [2.75, 3.05) is 14.2 Å². The standard InChI is InChI=1S/C19H21N3O4S/c1-4-22-13-14(16-7-5-6-8-17(16)22)12-20-21-27(23,24)15-9-10-18(25-2)19(11-15)26-3/h5-13,21H,4H2,1-3H3/b20-12+. The van der Waals surface area contributed by atoms with E-state index in [0.717, 1.165) is 23.0 Å². The number of sulfonamides is 1. The summed E-state index contributed by atoms with van der Waals surface area (Å²) in [5, 5.41) is 4.94. The van der Waals surface area contributed by atoms with E-state index in [4.69, 9.17) is 9.47 Å². The number of aryl methyl sites for hydroxylation is 1. The number of aromatic nitrogens is 1. The molecule has 1 aromatic heterocycles. The van der Waals surface area contributed by atoms with Crippen LogP contribution in [0.3, 0.4) is 0 Å². The Bertz CT molecular complexity index is 1090. The summed E-state index contributed by atoms with van der Waals surface area (Å²) in [7, 11) is -0.895. The predicted octanol–water partition coefficient (Wildman–Crippen LogP) is 2.99. The van der Waals surface area contributed by atoms with Gasteiger partial charge in [0.2, 0.25) is 0 Å². The number of para-hydroxylation sites is 1. The van der Waals surface area contributed by atoms with Crippen molar-refractivity contribution < 1.29 is 17.9 Å². The van der Waals surface area contributed by atoms with E-state index in [-0.39, 0.29) is 4.90 Å². The molecule has 0 spiro atoms. The zero-order chi connectivity index (χ0) is 19.4. The van der Waals surface area contributed by atoms with Gasteiger partial charge in [-0.15, -0.1) is 0 Å². The lowest BCUT2D eigenvalue weighted by molar-refractivity contribution is 0.354. The van der Waals surface area contributed by atoms with Gasteiger partial charge >= 0.3 is 0 Å². The average molecular weight is 387 g/mol. The number of rotatable bonds is 7. The third-order valence-corrected chi connectivity index (χ3v) is 5.42. The molecule has 1 heterocycles. The lowest BCUT2D eigenvalue weighted by atomic mass is 10.2. The van der Waals surface area contributed by atoms with E-state index in [1.807, 2.05) is 37.4 Å². The summed E-state index contributed by atoms with van der Waals surface area (Å²) in [6.07, 6.45) is 3.45. The highest BCUT2D eigenvalue weighted by Crippen LogP contribution is 2.29. The SMILES string of the molecule is CCn1cc(/C=N/NS(=O)(=O)c2ccc(OC)c(OC)c2)c2ccccc21. The fourth-order valence-corrected chi connectivity index (χ4v) is 3.65. The number of ether oxygens (including phenoxy) is 2. The number of hydrazone groups is 1. The number of benzene rings is 2. The van der Waals surface area contributed by atoms with Crippen LogP contribution in [0.5, 0.6) is 11.5 Å². The Kier molecular flexibility index (Phi) is 5.36. The van der Waals surface area contributed by atoms with Crippen LogP contribution in [0.2, 0.25) is 0 Å². The minimum absolute atomic E-state index is 0.0355. The van der Waals surface area contributed by atoms with Gasteiger partial charge in [0, 0.05) is 35.3 Å². The summed E-state index contributed by atoms with van der Waals surface area (Å²) in [6, 6.07) is 12.3. The molecule has 7 nitrogen and oxygen atoms in total. The molecule has 0 amide bonds. The summed E-state index contributed by atoms with van der Waals surface area (Å²) in [5.74, 6) is 0.780. The van der Waals surface area contributed by atoms with Crippen LogP contribution in [0.1, 0.15) is 12.5 Å². The lowest BCUT2D eigenvalue weighted by Gasteiger charge is -2.09. The molecule has 0 aliphatic carbocycles. The Morgan fingerprint density at radius 3 is 2.56 bits per heavy atom. The normalized spacial score (nSPS) is 11.8. The first kappa shape index (κ1) is 18.8. The largest absolute Gasteiger partial charge is 0.493 e. The van der Waals surface area contributed by atoms with Crippen molar-refractivity contribution in [3.8, 4) is 11.5 Å². The van der Waals surface area contributed by atoms with Gasteiger partial charge in [-0.25, -0.2) is 4.83 Å². The third-order valence-electron chi connectivity index (χ3n) is 4.20. The van der Waals surface area contributed by atoms with Crippen molar-refractivity contribution in [1.82, 2.24) is 9.40 Å². The zero-order valence-corrected chi connectivity index (χ0v) is 16.2. The molecule has 27 heavy (non-hydrogen) atoms. The van der Waals surface area contributed by atoms with E-state index in [1.165, 1.54) is 38.6 Å². The summed E-state index contributed by atoms with van der Waals surface area (Å²) < 4.78 is 37.3. The van der Waals surface area contributed by atoms with Crippen molar-refractivity contribution in [1.29, 1.82) is 0 Å². The molecule has 0 unspecified atom stereocenters. The van der Waals surface area contributed by atoms with Crippen molar-refractivity contribution in [2.45, 2.75) is 18.4 Å². The number of methoxy groups -OCH3 is 2. The maximum atomic E-state index is 12.5. The fraction of sp³-hybridized carbons (Fsp3) is 0.211. The molecule has 0 saturated heterocycles. The molecule has 0 saturated carbocycles. The van der Waals surface area contributed by atoms with Crippen molar-refractivity contribution in [3.63, 3.8) is 0 Å². The van der Waals surface area contributed by atoms with Gasteiger partial charge in [-0.2, -0.15) is 13.5 Å². The lowest BCUT2D eigenvalue weighted by Crippen LogP contribution is -2.18. The van der Waals surface area contributed by atoms with E-state index in [9.17, 15) is 8.42 Å². The molecule has 8 heteroatoms. The highest BCUT2D eigenvalue weighted by atomic mass is 32.2. The minimum Gasteiger partial charge on any atom is -0.493 e. The number of nitrogens with zero attached hydrogens (tertiary/aromatic N) is 2. The fourth-order valence-electron chi connectivity index (χ4n) is 2.84. The molecule has 0 atom stereocenters. The van der Waals surface area contributed by atoms with Gasteiger partial charge in [0.25, 0.3) is 10.0 Å². The molecule has 3 rings (SSSR count). The highest BCUT2D eigenvalue weighted by Gasteiger charge is 2.16. The Labute approximate surface area is 158 Å². The van der Waals surface area contributed by atoms with Gasteiger partial charge in [0.1, 0.15) is 0 Å². The predicted molar refractivity (Wildman–Crippen MR) is 105 cm³/mol. The van der Waals surface area contributed by atoms with Crippen molar-refractivity contribution >= 4 is 27.1 Å². The van der Waals surface area contributed by atoms with Crippen LogP contribution in [0.4, 0.5) is 0 Å². The molecule has 0 fully saturated rings. The summed E-state index contributed by atoms with van der Waals surface area (Å²) in [5.41, 5.74) is 1.91. The van der Waals surface area contributed by atoms with Crippen LogP contribution in [-0.2, 0) is 16.6 Å². The van der Waals surface area contributed by atoms with Crippen LogP contribution in [0.25, 0.3) is 10.9 Å². The Hall–Kier alpha value is -3.00. The first-order chi connectivity index (χ1) is 13.0. The molecule has 1 N–H and O–H groups in total. The summed E-state index contributed by atoms with van der Waals surface area (Å²) in [4.78, 5) is 2.28. The maximum Gasteiger partial charge on any atom is 0.276 e. The van der Waals surface area contributed by atoms with Gasteiger partial charge < -0.3 is 14.0 Å². The highest BCUT2D eigenvalue weighted by molar-refractivity contribution is 7.89. The topological polar surface area (TPSA) is 81.9 Å². The van der Waals surface area contributed by atoms with E-state index < -0.39 is 10.0 Å². The van der Waals surface area contributed by atoms with Crippen LogP contribution >= 0.6 is 0 Å². The zero-order valence-electron chi connectivity index (χ0n) is 15.3. The van der Waals surface area contributed by atoms with Crippen LogP contribution in [0, 0.1) is 0 Å². The maximum absolute atomic E-state index is 12.5. The van der Waals surface area contributed by atoms with E-state index in [2.05, 4.69) is 14.5 Å². The van der Waals surface area contributed by atoms with Crippen LogP contribution in [-0.4, -0.2) is 33.4 Å². The van der Waals surface area contributed by atoms with E-state index in [1.54, 1.807) is 0 Å². The van der Waals surface area contributed by atoms with Crippen molar-refractivity contribution in [2.24, 2.45) is 5.10 Å². The summed E-state index contributed by atoms with van der Waals surface area (Å²) >= 11 is 0. The van der Waals surface area contributed by atoms with E-state index in [0.29, 0.717) is 11.5 Å². The molecular formula is C19H21N3O4S. The van der Waals surface area contributed by atoms with Gasteiger partial charge in [-0.1, -0.05) is 18.2 Å². The number of hydrogen-bond donors (Lipinski definition) is 1. The van der Waals surface area contributed by atoms with Crippen LogP contribution in [0.15, 0.2) is 58.7 Å². The molecule has 0 aliphatic rings. The first-order valence-corrected chi connectivity index (χ1v) is 9.83. The molecule has 0 aliphatic heterocycles. The molecular weight excluding hydrogens is 366 g/mol. The van der Waals surface area contributed by atoms with Gasteiger partial charge in [0.15, 0.2) is 11.5 Å². The quantitative estimate of drug-likeness (QED) is 0.499. The van der Waals surface area contributed by atoms with Gasteiger partial charge in [-0.05, 0) is 25.1 Å². The minimum atomic E-state index is -3.83. The first-order valence-electron chi connectivity index (χ1n) is 8.35. The summed E-state index contributed by atoms with van der Waals surface area (Å²) in [6.45, 7) is 2.86.